The molecule has 154 valence electrons. The Morgan fingerprint density at radius 3 is 2.25 bits per heavy atom. The van der Waals surface area contributed by atoms with Gasteiger partial charge in [0, 0.05) is 44.8 Å². The second-order valence-electron chi connectivity index (χ2n) is 8.50. The van der Waals surface area contributed by atoms with Crippen LogP contribution in [-0.2, 0) is 16.1 Å². The number of nitrogens with zero attached hydrogens (tertiary/aromatic N) is 3. The van der Waals surface area contributed by atoms with Crippen LogP contribution in [0.3, 0.4) is 0 Å². The zero-order chi connectivity index (χ0) is 20.3. The summed E-state index contributed by atoms with van der Waals surface area (Å²) in [6.45, 7) is 11.5. The summed E-state index contributed by atoms with van der Waals surface area (Å²) in [5, 5.41) is 0. The number of rotatable bonds is 3. The number of amides is 2. The fourth-order valence-electron chi connectivity index (χ4n) is 3.62. The molecule has 3 rings (SSSR count). The summed E-state index contributed by atoms with van der Waals surface area (Å²) >= 11 is 0. The van der Waals surface area contributed by atoms with Crippen LogP contribution in [0.1, 0.15) is 33.3 Å². The highest BCUT2D eigenvalue weighted by atomic mass is 16.6. The van der Waals surface area contributed by atoms with Crippen LogP contribution in [0.4, 0.5) is 9.59 Å². The molecule has 1 aromatic rings. The standard InChI is InChI=1S/C21H31N3O4/c1-16-18(14-24(16)20(26)27-15-17-8-6-5-7-9-17)22-10-12-23(13-11-22)19(25)28-21(2,3)4/h5-9,16,18H,10-15H2,1-4H3/t16-,18-/m1/s1. The molecule has 28 heavy (non-hydrogen) atoms. The largest absolute Gasteiger partial charge is 0.445 e. The van der Waals surface area contributed by atoms with E-state index in [4.69, 9.17) is 9.47 Å². The summed E-state index contributed by atoms with van der Waals surface area (Å²) in [6.07, 6.45) is -0.514. The number of carbonyl (C=O) groups excluding carboxylic acids is 2. The number of ether oxygens (including phenoxy) is 2. The first-order valence-corrected chi connectivity index (χ1v) is 9.94. The van der Waals surface area contributed by atoms with E-state index in [9.17, 15) is 9.59 Å². The van der Waals surface area contributed by atoms with Crippen LogP contribution in [-0.4, -0.2) is 77.3 Å². The van der Waals surface area contributed by atoms with Crippen molar-refractivity contribution in [2.24, 2.45) is 0 Å². The normalized spacial score (nSPS) is 23.1. The molecule has 0 aliphatic carbocycles. The molecule has 0 radical (unpaired) electrons. The van der Waals surface area contributed by atoms with E-state index in [0.717, 1.165) is 18.7 Å². The van der Waals surface area contributed by atoms with Crippen molar-refractivity contribution in [1.82, 2.24) is 14.7 Å². The van der Waals surface area contributed by atoms with Gasteiger partial charge in [-0.05, 0) is 33.3 Å². The molecule has 0 spiro atoms. The molecular weight excluding hydrogens is 358 g/mol. The van der Waals surface area contributed by atoms with Crippen molar-refractivity contribution in [1.29, 1.82) is 0 Å². The summed E-state index contributed by atoms with van der Waals surface area (Å²) in [5.74, 6) is 0. The second-order valence-corrected chi connectivity index (χ2v) is 8.50. The molecule has 2 heterocycles. The van der Waals surface area contributed by atoms with Crippen LogP contribution in [0.15, 0.2) is 30.3 Å². The van der Waals surface area contributed by atoms with E-state index in [2.05, 4.69) is 11.8 Å². The molecule has 0 aromatic heterocycles. The van der Waals surface area contributed by atoms with Gasteiger partial charge in [-0.3, -0.25) is 4.90 Å². The quantitative estimate of drug-likeness (QED) is 0.795. The molecule has 7 heteroatoms. The van der Waals surface area contributed by atoms with E-state index in [1.807, 2.05) is 51.1 Å². The number of hydrogen-bond acceptors (Lipinski definition) is 5. The topological polar surface area (TPSA) is 62.3 Å². The van der Waals surface area contributed by atoms with E-state index >= 15 is 0 Å². The van der Waals surface area contributed by atoms with Gasteiger partial charge >= 0.3 is 12.2 Å². The van der Waals surface area contributed by atoms with E-state index in [-0.39, 0.29) is 18.2 Å². The van der Waals surface area contributed by atoms with Crippen molar-refractivity contribution in [2.75, 3.05) is 32.7 Å². The van der Waals surface area contributed by atoms with Gasteiger partial charge in [0.25, 0.3) is 0 Å². The van der Waals surface area contributed by atoms with Gasteiger partial charge < -0.3 is 19.3 Å². The molecule has 2 fully saturated rings. The first-order valence-electron chi connectivity index (χ1n) is 9.94. The first kappa shape index (κ1) is 20.5. The molecule has 2 amide bonds. The molecule has 2 aliphatic rings. The molecule has 2 aliphatic heterocycles. The van der Waals surface area contributed by atoms with Crippen molar-refractivity contribution in [3.63, 3.8) is 0 Å². The Balaban J connectivity index is 1.41. The molecule has 0 unspecified atom stereocenters. The van der Waals surface area contributed by atoms with Gasteiger partial charge in [-0.1, -0.05) is 30.3 Å². The minimum atomic E-state index is -0.475. The third kappa shape index (κ3) is 4.95. The lowest BCUT2D eigenvalue weighted by atomic mass is 9.96. The Labute approximate surface area is 167 Å². The lowest BCUT2D eigenvalue weighted by Crippen LogP contribution is -2.69. The summed E-state index contributed by atoms with van der Waals surface area (Å²) in [7, 11) is 0. The average molecular weight is 389 g/mol. The third-order valence-electron chi connectivity index (χ3n) is 5.31. The van der Waals surface area contributed by atoms with Gasteiger partial charge in [0.2, 0.25) is 0 Å². The van der Waals surface area contributed by atoms with Crippen molar-refractivity contribution in [3.8, 4) is 0 Å². The number of hydrogen-bond donors (Lipinski definition) is 0. The predicted octanol–water partition coefficient (Wildman–Crippen LogP) is 2.95. The summed E-state index contributed by atoms with van der Waals surface area (Å²) in [6, 6.07) is 10.1. The van der Waals surface area contributed by atoms with Gasteiger partial charge in [0.05, 0.1) is 0 Å². The van der Waals surface area contributed by atoms with Gasteiger partial charge in [-0.2, -0.15) is 0 Å². The molecule has 2 atom stereocenters. The maximum absolute atomic E-state index is 12.3. The number of likely N-dealkylation sites (tertiary alicyclic amines) is 1. The zero-order valence-electron chi connectivity index (χ0n) is 17.3. The van der Waals surface area contributed by atoms with Crippen molar-refractivity contribution < 1.29 is 19.1 Å². The van der Waals surface area contributed by atoms with Gasteiger partial charge in [-0.25, -0.2) is 9.59 Å². The number of piperazine rings is 1. The Bertz CT molecular complexity index is 681. The van der Waals surface area contributed by atoms with Crippen LogP contribution >= 0.6 is 0 Å². The number of carbonyl (C=O) groups is 2. The van der Waals surface area contributed by atoms with Crippen molar-refractivity contribution >= 4 is 12.2 Å². The zero-order valence-corrected chi connectivity index (χ0v) is 17.3. The molecule has 7 nitrogen and oxygen atoms in total. The predicted molar refractivity (Wildman–Crippen MR) is 106 cm³/mol. The minimum absolute atomic E-state index is 0.108. The van der Waals surface area contributed by atoms with Crippen LogP contribution in [0.5, 0.6) is 0 Å². The molecule has 0 saturated carbocycles. The monoisotopic (exact) mass is 389 g/mol. The fraction of sp³-hybridized carbons (Fsp3) is 0.619. The van der Waals surface area contributed by atoms with Crippen LogP contribution in [0, 0.1) is 0 Å². The highest BCUT2D eigenvalue weighted by Crippen LogP contribution is 2.25. The SMILES string of the molecule is C[C@@H]1[C@H](N2CCN(C(=O)OC(C)(C)C)CC2)CN1C(=O)OCc1ccccc1. The lowest BCUT2D eigenvalue weighted by molar-refractivity contribution is -0.0401. The summed E-state index contributed by atoms with van der Waals surface area (Å²) in [5.41, 5.74) is 0.510. The maximum Gasteiger partial charge on any atom is 0.410 e. The first-order chi connectivity index (χ1) is 13.2. The van der Waals surface area contributed by atoms with Gasteiger partial charge in [0.15, 0.2) is 0 Å². The molecule has 2 saturated heterocycles. The lowest BCUT2D eigenvalue weighted by Gasteiger charge is -2.52. The summed E-state index contributed by atoms with van der Waals surface area (Å²) < 4.78 is 10.9. The Kier molecular flexibility index (Phi) is 6.13. The molecule has 0 N–H and O–H groups in total. The van der Waals surface area contributed by atoms with Crippen LogP contribution in [0.25, 0.3) is 0 Å². The van der Waals surface area contributed by atoms with Crippen LogP contribution < -0.4 is 0 Å². The van der Waals surface area contributed by atoms with Gasteiger partial charge in [-0.15, -0.1) is 0 Å². The van der Waals surface area contributed by atoms with E-state index < -0.39 is 5.60 Å². The molecule has 0 bridgehead atoms. The fourth-order valence-corrected chi connectivity index (χ4v) is 3.62. The number of benzene rings is 1. The van der Waals surface area contributed by atoms with Crippen molar-refractivity contribution in [3.05, 3.63) is 35.9 Å². The Morgan fingerprint density at radius 1 is 1.04 bits per heavy atom. The highest BCUT2D eigenvalue weighted by molar-refractivity contribution is 5.69. The molecule has 1 aromatic carbocycles. The average Bonchev–Trinajstić information content (AvgIpc) is 2.65. The Morgan fingerprint density at radius 2 is 1.68 bits per heavy atom. The Hall–Kier alpha value is -2.28. The van der Waals surface area contributed by atoms with E-state index in [0.29, 0.717) is 32.3 Å². The van der Waals surface area contributed by atoms with E-state index in [1.54, 1.807) is 9.80 Å². The minimum Gasteiger partial charge on any atom is -0.445 e. The summed E-state index contributed by atoms with van der Waals surface area (Å²) in [4.78, 5) is 30.4. The van der Waals surface area contributed by atoms with E-state index in [1.165, 1.54) is 0 Å². The second kappa shape index (κ2) is 8.39. The highest BCUT2D eigenvalue weighted by Gasteiger charge is 2.44. The third-order valence-corrected chi connectivity index (χ3v) is 5.31. The van der Waals surface area contributed by atoms with Crippen molar-refractivity contribution in [2.45, 2.75) is 52.0 Å². The maximum atomic E-state index is 12.3. The van der Waals surface area contributed by atoms with Crippen LogP contribution in [0.2, 0.25) is 0 Å². The smallest absolute Gasteiger partial charge is 0.410 e. The van der Waals surface area contributed by atoms with Gasteiger partial charge in [0.1, 0.15) is 12.2 Å². The molecular formula is C21H31N3O4.